The lowest BCUT2D eigenvalue weighted by Gasteiger charge is -2.34. The van der Waals surface area contributed by atoms with E-state index in [9.17, 15) is 4.79 Å². The Labute approximate surface area is 139 Å². The molecule has 2 aliphatic heterocycles. The fourth-order valence-electron chi connectivity index (χ4n) is 3.51. The third-order valence-corrected chi connectivity index (χ3v) is 4.92. The van der Waals surface area contributed by atoms with Crippen molar-refractivity contribution in [1.82, 2.24) is 4.90 Å². The first-order valence-electron chi connectivity index (χ1n) is 8.01. The van der Waals surface area contributed by atoms with Crippen molar-refractivity contribution in [3.05, 3.63) is 29.8 Å². The molecule has 0 saturated carbocycles. The van der Waals surface area contributed by atoms with Crippen LogP contribution in [0.5, 0.6) is 0 Å². The molecule has 1 aromatic carbocycles. The van der Waals surface area contributed by atoms with E-state index in [0.29, 0.717) is 12.5 Å². The van der Waals surface area contributed by atoms with E-state index in [1.54, 1.807) is 0 Å². The number of anilines is 1. The monoisotopic (exact) mass is 323 g/mol. The van der Waals surface area contributed by atoms with Crippen LogP contribution >= 0.6 is 12.4 Å². The third kappa shape index (κ3) is 3.62. The first-order valence-corrected chi connectivity index (χ1v) is 8.01. The van der Waals surface area contributed by atoms with Gasteiger partial charge < -0.3 is 10.6 Å². The zero-order valence-corrected chi connectivity index (χ0v) is 14.0. The molecule has 1 unspecified atom stereocenters. The van der Waals surface area contributed by atoms with Gasteiger partial charge in [0.1, 0.15) is 0 Å². The van der Waals surface area contributed by atoms with E-state index in [0.717, 1.165) is 44.6 Å². The van der Waals surface area contributed by atoms with Crippen LogP contribution in [0, 0.1) is 5.92 Å². The van der Waals surface area contributed by atoms with Crippen LogP contribution in [0.2, 0.25) is 0 Å². The van der Waals surface area contributed by atoms with E-state index >= 15 is 0 Å². The Bertz CT molecular complexity index is 512. The molecule has 0 aliphatic carbocycles. The number of nitrogens with two attached hydrogens (primary N) is 1. The second-order valence-corrected chi connectivity index (χ2v) is 6.40. The molecule has 1 amide bonds. The summed E-state index contributed by atoms with van der Waals surface area (Å²) in [7, 11) is 0. The maximum absolute atomic E-state index is 12.6. The minimum Gasteiger partial charge on any atom is -0.328 e. The number of benzene rings is 1. The molecule has 0 spiro atoms. The van der Waals surface area contributed by atoms with Crippen molar-refractivity contribution in [2.75, 3.05) is 31.1 Å². The van der Waals surface area contributed by atoms with Crippen LogP contribution in [0.15, 0.2) is 24.3 Å². The van der Waals surface area contributed by atoms with Gasteiger partial charge in [-0.15, -0.1) is 12.4 Å². The number of rotatable bonds is 3. The van der Waals surface area contributed by atoms with E-state index in [2.05, 4.69) is 24.0 Å². The van der Waals surface area contributed by atoms with Gasteiger partial charge >= 0.3 is 0 Å². The fraction of sp³-hybridized carbons (Fsp3) is 0.588. The summed E-state index contributed by atoms with van der Waals surface area (Å²) >= 11 is 0. The highest BCUT2D eigenvalue weighted by molar-refractivity contribution is 5.96. The Morgan fingerprint density at radius 3 is 2.64 bits per heavy atom. The van der Waals surface area contributed by atoms with Gasteiger partial charge in [-0.25, -0.2) is 0 Å². The zero-order chi connectivity index (χ0) is 14.8. The summed E-state index contributed by atoms with van der Waals surface area (Å²) in [6, 6.07) is 8.51. The van der Waals surface area contributed by atoms with Crippen LogP contribution in [0.1, 0.15) is 25.3 Å². The molecule has 2 aliphatic rings. The lowest BCUT2D eigenvalue weighted by Crippen LogP contribution is -2.45. The summed E-state index contributed by atoms with van der Waals surface area (Å²) in [5.41, 5.74) is 8.37. The van der Waals surface area contributed by atoms with Gasteiger partial charge in [0.2, 0.25) is 5.91 Å². The van der Waals surface area contributed by atoms with Gasteiger partial charge in [0, 0.05) is 18.3 Å². The van der Waals surface area contributed by atoms with Crippen molar-refractivity contribution < 1.29 is 4.79 Å². The summed E-state index contributed by atoms with van der Waals surface area (Å²) in [5, 5.41) is 0. The molecule has 1 saturated heterocycles. The molecule has 4 nitrogen and oxygen atoms in total. The molecule has 1 aromatic rings. The van der Waals surface area contributed by atoms with Crippen molar-refractivity contribution in [2.45, 2.75) is 32.2 Å². The highest BCUT2D eigenvalue weighted by Gasteiger charge is 2.28. The number of carbonyl (C=O) groups is 1. The maximum Gasteiger partial charge on any atom is 0.241 e. The van der Waals surface area contributed by atoms with Crippen molar-refractivity contribution in [1.29, 1.82) is 0 Å². The molecule has 22 heavy (non-hydrogen) atoms. The molecule has 2 N–H and O–H groups in total. The van der Waals surface area contributed by atoms with E-state index < -0.39 is 0 Å². The van der Waals surface area contributed by atoms with E-state index in [1.807, 2.05) is 17.0 Å². The normalized spacial score (nSPS) is 20.4. The number of piperidine rings is 1. The predicted molar refractivity (Wildman–Crippen MR) is 92.6 cm³/mol. The molecule has 0 radical (unpaired) electrons. The van der Waals surface area contributed by atoms with Gasteiger partial charge in [0.15, 0.2) is 0 Å². The first-order chi connectivity index (χ1) is 10.1. The van der Waals surface area contributed by atoms with E-state index in [1.165, 1.54) is 5.56 Å². The minimum atomic E-state index is 0. The Balaban J connectivity index is 0.00000176. The third-order valence-electron chi connectivity index (χ3n) is 4.92. The second-order valence-electron chi connectivity index (χ2n) is 6.40. The molecule has 0 aromatic heterocycles. The fourth-order valence-corrected chi connectivity index (χ4v) is 3.51. The second kappa shape index (κ2) is 7.44. The molecule has 0 bridgehead atoms. The molecule has 2 heterocycles. The summed E-state index contributed by atoms with van der Waals surface area (Å²) in [6.45, 7) is 5.45. The lowest BCUT2D eigenvalue weighted by atomic mass is 9.91. The Morgan fingerprint density at radius 1 is 1.27 bits per heavy atom. The van der Waals surface area contributed by atoms with Gasteiger partial charge in [-0.2, -0.15) is 0 Å². The largest absolute Gasteiger partial charge is 0.328 e. The SMILES string of the molecule is CC(N)C1CCN(CC(=O)N2CCc3ccccc32)CC1.Cl. The molecule has 5 heteroatoms. The van der Waals surface area contributed by atoms with Crippen LogP contribution in [-0.4, -0.2) is 43.0 Å². The maximum atomic E-state index is 12.6. The Hall–Kier alpha value is -1.10. The highest BCUT2D eigenvalue weighted by Crippen LogP contribution is 2.28. The lowest BCUT2D eigenvalue weighted by molar-refractivity contribution is -0.120. The van der Waals surface area contributed by atoms with Gasteiger partial charge in [-0.1, -0.05) is 18.2 Å². The Morgan fingerprint density at radius 2 is 1.95 bits per heavy atom. The zero-order valence-electron chi connectivity index (χ0n) is 13.2. The van der Waals surface area contributed by atoms with Gasteiger partial charge in [-0.05, 0) is 56.8 Å². The average molecular weight is 324 g/mol. The first kappa shape index (κ1) is 17.3. The van der Waals surface area contributed by atoms with Crippen molar-refractivity contribution >= 4 is 24.0 Å². The van der Waals surface area contributed by atoms with Crippen LogP contribution in [0.25, 0.3) is 0 Å². The Kier molecular flexibility index (Phi) is 5.84. The molecule has 122 valence electrons. The van der Waals surface area contributed by atoms with Gasteiger partial charge in [0.25, 0.3) is 0 Å². The summed E-state index contributed by atoms with van der Waals surface area (Å²) in [6.07, 6.45) is 3.21. The number of hydrogen-bond donors (Lipinski definition) is 1. The number of para-hydroxylation sites is 1. The number of likely N-dealkylation sites (tertiary alicyclic amines) is 1. The van der Waals surface area contributed by atoms with Crippen molar-refractivity contribution in [3.8, 4) is 0 Å². The minimum absolute atomic E-state index is 0. The topological polar surface area (TPSA) is 49.6 Å². The average Bonchev–Trinajstić information content (AvgIpc) is 2.92. The smallest absolute Gasteiger partial charge is 0.241 e. The molecule has 1 atom stereocenters. The number of halogens is 1. The number of fused-ring (bicyclic) bond motifs is 1. The summed E-state index contributed by atoms with van der Waals surface area (Å²) in [5.74, 6) is 0.850. The standard InChI is InChI=1S/C17H25N3O.ClH/c1-13(18)14-6-9-19(10-7-14)12-17(21)20-11-8-15-4-2-3-5-16(15)20;/h2-5,13-14H,6-12,18H2,1H3;1H. The van der Waals surface area contributed by atoms with Gasteiger partial charge in [0.05, 0.1) is 6.54 Å². The number of hydrogen-bond acceptors (Lipinski definition) is 3. The van der Waals surface area contributed by atoms with Crippen molar-refractivity contribution in [2.24, 2.45) is 11.7 Å². The molecule has 1 fully saturated rings. The molecular formula is C17H26ClN3O. The van der Waals surface area contributed by atoms with Crippen LogP contribution < -0.4 is 10.6 Å². The number of amides is 1. The van der Waals surface area contributed by atoms with Crippen LogP contribution in [0.3, 0.4) is 0 Å². The number of carbonyl (C=O) groups excluding carboxylic acids is 1. The van der Waals surface area contributed by atoms with E-state index in [4.69, 9.17) is 5.73 Å². The summed E-state index contributed by atoms with van der Waals surface area (Å²) in [4.78, 5) is 16.8. The van der Waals surface area contributed by atoms with Gasteiger partial charge in [-0.3, -0.25) is 9.69 Å². The summed E-state index contributed by atoms with van der Waals surface area (Å²) < 4.78 is 0. The van der Waals surface area contributed by atoms with E-state index in [-0.39, 0.29) is 24.4 Å². The predicted octanol–water partition coefficient (Wildman–Crippen LogP) is 2.06. The molecular weight excluding hydrogens is 298 g/mol. The number of nitrogens with zero attached hydrogens (tertiary/aromatic N) is 2. The van der Waals surface area contributed by atoms with Crippen LogP contribution in [0.4, 0.5) is 5.69 Å². The highest BCUT2D eigenvalue weighted by atomic mass is 35.5. The van der Waals surface area contributed by atoms with Crippen LogP contribution in [-0.2, 0) is 11.2 Å². The van der Waals surface area contributed by atoms with Crippen molar-refractivity contribution in [3.63, 3.8) is 0 Å². The quantitative estimate of drug-likeness (QED) is 0.926. The molecule has 3 rings (SSSR count).